The fraction of sp³-hybridized carbons (Fsp3) is 0.263. The van der Waals surface area contributed by atoms with Crippen LogP contribution in [-0.2, 0) is 22.5 Å². The van der Waals surface area contributed by atoms with E-state index >= 15 is 0 Å². The van der Waals surface area contributed by atoms with Crippen LogP contribution in [0.15, 0.2) is 36.7 Å². The number of rotatable bonds is 6. The van der Waals surface area contributed by atoms with Crippen molar-refractivity contribution < 1.29 is 18.8 Å². The molecule has 7 nitrogen and oxygen atoms in total. The van der Waals surface area contributed by atoms with Gasteiger partial charge in [0.2, 0.25) is 0 Å². The van der Waals surface area contributed by atoms with Crippen LogP contribution in [0.25, 0.3) is 10.9 Å². The molecule has 2 heterocycles. The fourth-order valence-corrected chi connectivity index (χ4v) is 4.14. The van der Waals surface area contributed by atoms with Gasteiger partial charge in [0.1, 0.15) is 12.1 Å². The Balaban J connectivity index is 1.65. The molecule has 0 unspecified atom stereocenters. The number of aromatic nitrogens is 2. The molecule has 1 aromatic heterocycles. The summed E-state index contributed by atoms with van der Waals surface area (Å²) in [6.07, 6.45) is 1.56. The van der Waals surface area contributed by atoms with E-state index in [0.29, 0.717) is 24.7 Å². The minimum absolute atomic E-state index is 0.270. The molecule has 4 rings (SSSR count). The summed E-state index contributed by atoms with van der Waals surface area (Å²) in [7, 11) is 4.62. The normalized spacial score (nSPS) is 12.9. The van der Waals surface area contributed by atoms with Crippen molar-refractivity contribution in [2.24, 2.45) is 0 Å². The van der Waals surface area contributed by atoms with Crippen LogP contribution in [0.1, 0.15) is 11.1 Å². The molecule has 0 amide bonds. The quantitative estimate of drug-likeness (QED) is 0.299. The SMILES string of the molecule is COB1OCc2cc(CN(I)c3ncnc4cc(OC)c(OC)cc34)ccc21. The molecule has 0 atom stereocenters. The summed E-state index contributed by atoms with van der Waals surface area (Å²) in [5.41, 5.74) is 4.22. The highest BCUT2D eigenvalue weighted by molar-refractivity contribution is 14.1. The van der Waals surface area contributed by atoms with Crippen LogP contribution < -0.4 is 18.0 Å². The van der Waals surface area contributed by atoms with E-state index in [1.165, 1.54) is 5.56 Å². The molecule has 9 heteroatoms. The minimum atomic E-state index is -0.270. The molecule has 1 aliphatic heterocycles. The van der Waals surface area contributed by atoms with Gasteiger partial charge >= 0.3 is 7.12 Å². The van der Waals surface area contributed by atoms with Gasteiger partial charge in [0, 0.05) is 18.6 Å². The first-order valence-corrected chi connectivity index (χ1v) is 9.67. The van der Waals surface area contributed by atoms with Crippen LogP contribution in [0, 0.1) is 0 Å². The lowest BCUT2D eigenvalue weighted by Crippen LogP contribution is -2.30. The Morgan fingerprint density at radius 2 is 1.89 bits per heavy atom. The third kappa shape index (κ3) is 3.49. The topological polar surface area (TPSA) is 65.9 Å². The van der Waals surface area contributed by atoms with E-state index in [2.05, 4.69) is 54.1 Å². The lowest BCUT2D eigenvalue weighted by atomic mass is 9.78. The second kappa shape index (κ2) is 8.10. The summed E-state index contributed by atoms with van der Waals surface area (Å²) in [6.45, 7) is 1.25. The Labute approximate surface area is 177 Å². The number of anilines is 1. The Bertz CT molecular complexity index is 1020. The highest BCUT2D eigenvalue weighted by atomic mass is 127. The van der Waals surface area contributed by atoms with Gasteiger partial charge in [-0.15, -0.1) is 0 Å². The predicted molar refractivity (Wildman–Crippen MR) is 116 cm³/mol. The number of methoxy groups -OCH3 is 2. The molecular weight excluding hydrogens is 472 g/mol. The van der Waals surface area contributed by atoms with Crippen LogP contribution >= 0.6 is 22.9 Å². The summed E-state index contributed by atoms with van der Waals surface area (Å²) in [5.74, 6) is 2.11. The lowest BCUT2D eigenvalue weighted by molar-refractivity contribution is 0.245. The molecule has 2 aromatic carbocycles. The first-order chi connectivity index (χ1) is 13.6. The van der Waals surface area contributed by atoms with Gasteiger partial charge < -0.3 is 18.8 Å². The maximum atomic E-state index is 5.64. The Morgan fingerprint density at radius 1 is 1.11 bits per heavy atom. The number of hydrogen-bond acceptors (Lipinski definition) is 7. The first-order valence-electron chi connectivity index (χ1n) is 8.70. The molecule has 144 valence electrons. The van der Waals surface area contributed by atoms with Crippen LogP contribution in [0.2, 0.25) is 0 Å². The molecular formula is C19H19BIN3O4. The number of ether oxygens (including phenoxy) is 2. The van der Waals surface area contributed by atoms with Crippen LogP contribution in [0.3, 0.4) is 0 Å². The largest absolute Gasteiger partial charge is 0.494 e. The van der Waals surface area contributed by atoms with Crippen molar-refractivity contribution in [3.05, 3.63) is 47.8 Å². The lowest BCUT2D eigenvalue weighted by Gasteiger charge is -2.18. The van der Waals surface area contributed by atoms with Crippen LogP contribution in [0.5, 0.6) is 11.5 Å². The second-order valence-electron chi connectivity index (χ2n) is 6.35. The smallest absolute Gasteiger partial charge is 0.493 e. The van der Waals surface area contributed by atoms with E-state index in [1.807, 2.05) is 12.1 Å². The van der Waals surface area contributed by atoms with E-state index in [1.54, 1.807) is 27.7 Å². The van der Waals surface area contributed by atoms with Gasteiger partial charge in [-0.25, -0.2) is 9.97 Å². The average Bonchev–Trinajstić information content (AvgIpc) is 3.14. The van der Waals surface area contributed by atoms with Crippen molar-refractivity contribution >= 4 is 52.2 Å². The minimum Gasteiger partial charge on any atom is -0.493 e. The average molecular weight is 491 g/mol. The molecule has 0 fully saturated rings. The summed E-state index contributed by atoms with van der Waals surface area (Å²) in [5, 5.41) is 0.901. The molecule has 0 saturated carbocycles. The zero-order valence-corrected chi connectivity index (χ0v) is 18.0. The van der Waals surface area contributed by atoms with Gasteiger partial charge in [0.05, 0.1) is 55.8 Å². The monoisotopic (exact) mass is 491 g/mol. The maximum Gasteiger partial charge on any atom is 0.494 e. The number of halogens is 1. The van der Waals surface area contributed by atoms with Crippen molar-refractivity contribution in [2.45, 2.75) is 13.2 Å². The van der Waals surface area contributed by atoms with E-state index in [0.717, 1.165) is 27.7 Å². The standard InChI is InChI=1S/C19H19BIN3O4/c1-25-17-7-14-16(8-18(17)26-2)22-11-23-19(14)24(21)9-12-4-5-15-13(6-12)10-28-20(15)27-3/h4-8,11H,9-10H2,1-3H3. The van der Waals surface area contributed by atoms with E-state index < -0.39 is 0 Å². The predicted octanol–water partition coefficient (Wildman–Crippen LogP) is 2.88. The zero-order valence-electron chi connectivity index (χ0n) is 15.8. The third-order valence-electron chi connectivity index (χ3n) is 4.74. The number of nitrogens with zero attached hydrogens (tertiary/aromatic N) is 3. The molecule has 3 aromatic rings. The van der Waals surface area contributed by atoms with Crippen molar-refractivity contribution in [3.8, 4) is 11.5 Å². The molecule has 0 N–H and O–H groups in total. The van der Waals surface area contributed by atoms with Gasteiger partial charge in [-0.1, -0.05) is 18.2 Å². The van der Waals surface area contributed by atoms with E-state index in [4.69, 9.17) is 18.8 Å². The first kappa shape index (κ1) is 19.2. The molecule has 0 saturated heterocycles. The van der Waals surface area contributed by atoms with Crippen LogP contribution in [-0.4, -0.2) is 38.4 Å². The summed E-state index contributed by atoms with van der Waals surface area (Å²) >= 11 is 2.28. The van der Waals surface area contributed by atoms with E-state index in [9.17, 15) is 0 Å². The van der Waals surface area contributed by atoms with Gasteiger partial charge in [0.25, 0.3) is 0 Å². The van der Waals surface area contributed by atoms with Crippen molar-refractivity contribution in [1.82, 2.24) is 9.97 Å². The maximum absolute atomic E-state index is 5.64. The molecule has 0 spiro atoms. The summed E-state index contributed by atoms with van der Waals surface area (Å²) < 4.78 is 23.9. The van der Waals surface area contributed by atoms with Crippen LogP contribution in [0.4, 0.5) is 5.82 Å². The molecule has 0 radical (unpaired) electrons. The van der Waals surface area contributed by atoms with Crippen molar-refractivity contribution in [3.63, 3.8) is 0 Å². The fourth-order valence-electron chi connectivity index (χ4n) is 3.36. The van der Waals surface area contributed by atoms with Gasteiger partial charge in [-0.3, -0.25) is 3.11 Å². The highest BCUT2D eigenvalue weighted by Crippen LogP contribution is 2.36. The highest BCUT2D eigenvalue weighted by Gasteiger charge is 2.29. The van der Waals surface area contributed by atoms with Gasteiger partial charge in [-0.05, 0) is 22.7 Å². The Kier molecular flexibility index (Phi) is 5.56. The van der Waals surface area contributed by atoms with E-state index in [-0.39, 0.29) is 7.12 Å². The number of benzene rings is 2. The number of hydrogen-bond donors (Lipinski definition) is 0. The third-order valence-corrected chi connectivity index (χ3v) is 5.53. The van der Waals surface area contributed by atoms with Gasteiger partial charge in [-0.2, -0.15) is 0 Å². The summed E-state index contributed by atoms with van der Waals surface area (Å²) in [4.78, 5) is 8.87. The summed E-state index contributed by atoms with van der Waals surface area (Å²) in [6, 6.07) is 10.1. The second-order valence-corrected chi connectivity index (χ2v) is 7.52. The molecule has 1 aliphatic rings. The molecule has 28 heavy (non-hydrogen) atoms. The molecule has 0 aliphatic carbocycles. The Hall–Kier alpha value is -2.11. The van der Waals surface area contributed by atoms with Crippen molar-refractivity contribution in [2.75, 3.05) is 24.4 Å². The van der Waals surface area contributed by atoms with Crippen molar-refractivity contribution in [1.29, 1.82) is 0 Å². The van der Waals surface area contributed by atoms with Gasteiger partial charge in [0.15, 0.2) is 11.5 Å². The number of fused-ring (bicyclic) bond motifs is 2. The zero-order chi connectivity index (χ0) is 19.7. The molecule has 0 bridgehead atoms. The Morgan fingerprint density at radius 3 is 2.64 bits per heavy atom.